The molecule has 0 aliphatic carbocycles. The molecule has 4 rings (SSSR count). The summed E-state index contributed by atoms with van der Waals surface area (Å²) in [6.07, 6.45) is 5.98. The van der Waals surface area contributed by atoms with Gasteiger partial charge >= 0.3 is 0 Å². The molecule has 34 heavy (non-hydrogen) atoms. The van der Waals surface area contributed by atoms with Crippen LogP contribution in [0, 0.1) is 20.8 Å². The number of allylic oxidation sites excluding steroid dienone is 2. The van der Waals surface area contributed by atoms with Crippen molar-refractivity contribution < 1.29 is 4.74 Å². The van der Waals surface area contributed by atoms with Crippen LogP contribution in [0.4, 0.5) is 5.69 Å². The van der Waals surface area contributed by atoms with Gasteiger partial charge in [0.1, 0.15) is 18.2 Å². The summed E-state index contributed by atoms with van der Waals surface area (Å²) in [4.78, 5) is 16.4. The van der Waals surface area contributed by atoms with Gasteiger partial charge in [-0.25, -0.2) is 9.97 Å². The molecule has 2 aromatic heterocycles. The van der Waals surface area contributed by atoms with Gasteiger partial charge < -0.3 is 9.64 Å². The van der Waals surface area contributed by atoms with E-state index >= 15 is 0 Å². The fourth-order valence-electron chi connectivity index (χ4n) is 4.16. The fraction of sp³-hybridized carbons (Fsp3) is 0.345. The van der Waals surface area contributed by atoms with E-state index in [4.69, 9.17) is 14.7 Å². The Morgan fingerprint density at radius 2 is 1.74 bits per heavy atom. The van der Waals surface area contributed by atoms with Crippen LogP contribution in [0.15, 0.2) is 65.8 Å². The van der Waals surface area contributed by atoms with E-state index in [1.54, 1.807) is 0 Å². The standard InChI is InChI=1S/C29H34N4O/c1-18(2)29-31-15-21(5)28(32-29)25-13-26(20(4)14-30-25)33-16-22(6)27(12-23(33)7)34-17-24-10-8-9-19(3)11-24/h8-15,18H,16-17H2,1-7H3. The molecule has 176 valence electrons. The molecule has 3 heterocycles. The van der Waals surface area contributed by atoms with E-state index in [0.717, 1.165) is 52.0 Å². The summed E-state index contributed by atoms with van der Waals surface area (Å²) in [5.41, 5.74) is 9.85. The Bertz CT molecular complexity index is 1270. The summed E-state index contributed by atoms with van der Waals surface area (Å²) in [5, 5.41) is 0. The summed E-state index contributed by atoms with van der Waals surface area (Å²) >= 11 is 0. The number of anilines is 1. The van der Waals surface area contributed by atoms with Crippen LogP contribution >= 0.6 is 0 Å². The Morgan fingerprint density at radius 1 is 0.971 bits per heavy atom. The largest absolute Gasteiger partial charge is 0.489 e. The fourth-order valence-corrected chi connectivity index (χ4v) is 4.16. The number of hydrogen-bond acceptors (Lipinski definition) is 5. The summed E-state index contributed by atoms with van der Waals surface area (Å²) in [6, 6.07) is 10.6. The number of aromatic nitrogens is 3. The molecular formula is C29H34N4O. The second-order valence-electron chi connectivity index (χ2n) is 9.56. The maximum atomic E-state index is 6.21. The maximum Gasteiger partial charge on any atom is 0.131 e. The molecule has 0 saturated carbocycles. The number of rotatable bonds is 6. The third-order valence-electron chi connectivity index (χ3n) is 6.17. The molecule has 3 aromatic rings. The molecular weight excluding hydrogens is 420 g/mol. The van der Waals surface area contributed by atoms with Gasteiger partial charge in [0, 0.05) is 36.2 Å². The number of pyridine rings is 1. The second kappa shape index (κ2) is 9.80. The second-order valence-corrected chi connectivity index (χ2v) is 9.56. The van der Waals surface area contributed by atoms with Crippen molar-refractivity contribution in [2.75, 3.05) is 11.4 Å². The van der Waals surface area contributed by atoms with E-state index in [1.165, 1.54) is 16.7 Å². The first-order valence-electron chi connectivity index (χ1n) is 11.9. The Labute approximate surface area is 203 Å². The zero-order chi connectivity index (χ0) is 24.4. The monoisotopic (exact) mass is 454 g/mol. The molecule has 1 aromatic carbocycles. The first-order chi connectivity index (χ1) is 16.2. The SMILES string of the molecule is CC1=CC(OCc2cccc(C)c2)=C(C)CN1c1cc(-c2nc(C(C)C)ncc2C)ncc1C. The van der Waals surface area contributed by atoms with Gasteiger partial charge in [0.05, 0.1) is 11.4 Å². The van der Waals surface area contributed by atoms with Gasteiger partial charge in [-0.05, 0) is 69.0 Å². The Balaban J connectivity index is 1.60. The van der Waals surface area contributed by atoms with Gasteiger partial charge in [0.15, 0.2) is 0 Å². The van der Waals surface area contributed by atoms with E-state index in [9.17, 15) is 0 Å². The Kier molecular flexibility index (Phi) is 6.82. The first kappa shape index (κ1) is 23.7. The number of nitrogens with zero attached hydrogens (tertiary/aromatic N) is 4. The predicted octanol–water partition coefficient (Wildman–Crippen LogP) is 6.80. The van der Waals surface area contributed by atoms with Crippen molar-refractivity contribution in [2.45, 2.75) is 61.0 Å². The van der Waals surface area contributed by atoms with Gasteiger partial charge in [-0.1, -0.05) is 43.7 Å². The third-order valence-corrected chi connectivity index (χ3v) is 6.17. The molecule has 0 atom stereocenters. The van der Waals surface area contributed by atoms with Crippen LogP contribution < -0.4 is 4.90 Å². The lowest BCUT2D eigenvalue weighted by Crippen LogP contribution is -2.28. The summed E-state index contributed by atoms with van der Waals surface area (Å²) in [6.45, 7) is 16.1. The van der Waals surface area contributed by atoms with E-state index < -0.39 is 0 Å². The van der Waals surface area contributed by atoms with E-state index in [0.29, 0.717) is 6.61 Å². The van der Waals surface area contributed by atoms with E-state index in [1.807, 2.05) is 19.3 Å². The van der Waals surface area contributed by atoms with Crippen LogP contribution in [0.5, 0.6) is 0 Å². The van der Waals surface area contributed by atoms with Crippen LogP contribution in [0.25, 0.3) is 11.4 Å². The maximum absolute atomic E-state index is 6.21. The molecule has 5 nitrogen and oxygen atoms in total. The Hall–Kier alpha value is -3.47. The van der Waals surface area contributed by atoms with Crippen LogP contribution in [-0.2, 0) is 11.3 Å². The van der Waals surface area contributed by atoms with Crippen LogP contribution in [0.1, 0.15) is 61.7 Å². The molecule has 0 fully saturated rings. The zero-order valence-electron chi connectivity index (χ0n) is 21.3. The van der Waals surface area contributed by atoms with Crippen molar-refractivity contribution in [1.29, 1.82) is 0 Å². The normalized spacial score (nSPS) is 14.0. The first-order valence-corrected chi connectivity index (χ1v) is 11.9. The molecule has 1 aliphatic rings. The highest BCUT2D eigenvalue weighted by Crippen LogP contribution is 2.33. The average Bonchev–Trinajstić information content (AvgIpc) is 2.80. The average molecular weight is 455 g/mol. The molecule has 0 radical (unpaired) electrons. The van der Waals surface area contributed by atoms with Gasteiger partial charge in [-0.2, -0.15) is 0 Å². The summed E-state index contributed by atoms with van der Waals surface area (Å²) < 4.78 is 6.21. The van der Waals surface area contributed by atoms with Gasteiger partial charge in [0.2, 0.25) is 0 Å². The van der Waals surface area contributed by atoms with Crippen LogP contribution in [0.2, 0.25) is 0 Å². The van der Waals surface area contributed by atoms with Crippen molar-refractivity contribution in [3.05, 3.63) is 93.9 Å². The highest BCUT2D eigenvalue weighted by atomic mass is 16.5. The molecule has 0 unspecified atom stereocenters. The molecule has 0 saturated heterocycles. The molecule has 5 heteroatoms. The third kappa shape index (κ3) is 5.04. The molecule has 0 N–H and O–H groups in total. The summed E-state index contributed by atoms with van der Waals surface area (Å²) in [5.74, 6) is 2.06. The van der Waals surface area contributed by atoms with E-state index in [-0.39, 0.29) is 5.92 Å². The van der Waals surface area contributed by atoms with Crippen molar-refractivity contribution in [2.24, 2.45) is 0 Å². The zero-order valence-corrected chi connectivity index (χ0v) is 21.3. The molecule has 1 aliphatic heterocycles. The van der Waals surface area contributed by atoms with Gasteiger partial charge in [-0.15, -0.1) is 0 Å². The van der Waals surface area contributed by atoms with Crippen LogP contribution in [-0.4, -0.2) is 21.5 Å². The lowest BCUT2D eigenvalue weighted by molar-refractivity contribution is 0.206. The van der Waals surface area contributed by atoms with Gasteiger partial charge in [-0.3, -0.25) is 4.98 Å². The number of benzene rings is 1. The minimum atomic E-state index is 0.266. The number of ether oxygens (including phenoxy) is 1. The lowest BCUT2D eigenvalue weighted by atomic mass is 10.1. The number of aryl methyl sites for hydroxylation is 3. The lowest BCUT2D eigenvalue weighted by Gasteiger charge is -2.32. The van der Waals surface area contributed by atoms with Crippen molar-refractivity contribution in [3.8, 4) is 11.4 Å². The van der Waals surface area contributed by atoms with Crippen molar-refractivity contribution >= 4 is 5.69 Å². The highest BCUT2D eigenvalue weighted by molar-refractivity contribution is 5.68. The highest BCUT2D eigenvalue weighted by Gasteiger charge is 2.21. The summed E-state index contributed by atoms with van der Waals surface area (Å²) in [7, 11) is 0. The number of hydrogen-bond donors (Lipinski definition) is 0. The van der Waals surface area contributed by atoms with E-state index in [2.05, 4.69) is 87.8 Å². The molecule has 0 bridgehead atoms. The quantitative estimate of drug-likeness (QED) is 0.410. The minimum Gasteiger partial charge on any atom is -0.489 e. The minimum absolute atomic E-state index is 0.266. The van der Waals surface area contributed by atoms with Gasteiger partial charge in [0.25, 0.3) is 0 Å². The van der Waals surface area contributed by atoms with Crippen molar-refractivity contribution in [1.82, 2.24) is 15.0 Å². The van der Waals surface area contributed by atoms with Crippen LogP contribution in [0.3, 0.4) is 0 Å². The van der Waals surface area contributed by atoms with Crippen molar-refractivity contribution in [3.63, 3.8) is 0 Å². The smallest absolute Gasteiger partial charge is 0.131 e. The Morgan fingerprint density at radius 3 is 2.47 bits per heavy atom. The topological polar surface area (TPSA) is 51.1 Å². The molecule has 0 spiro atoms. The molecule has 0 amide bonds. The predicted molar refractivity (Wildman–Crippen MR) is 139 cm³/mol.